The van der Waals surface area contributed by atoms with E-state index in [2.05, 4.69) is 171 Å². The number of fused-ring (bicyclic) bond motifs is 3. The van der Waals surface area contributed by atoms with Gasteiger partial charge in [-0.15, -0.1) is 0 Å². The highest BCUT2D eigenvalue weighted by Crippen LogP contribution is 2.46. The lowest BCUT2D eigenvalue weighted by Crippen LogP contribution is -2.10. The van der Waals surface area contributed by atoms with Crippen molar-refractivity contribution in [2.75, 3.05) is 0 Å². The summed E-state index contributed by atoms with van der Waals surface area (Å²) in [6.45, 7) is 9.20. The molecule has 7 aromatic carbocycles. The van der Waals surface area contributed by atoms with Crippen molar-refractivity contribution < 1.29 is 0 Å². The summed E-state index contributed by atoms with van der Waals surface area (Å²) in [4.78, 5) is 4.36. The van der Waals surface area contributed by atoms with Crippen LogP contribution in [0, 0.1) is 5.92 Å². The Morgan fingerprint density at radius 3 is 1.98 bits per heavy atom. The lowest BCUT2D eigenvalue weighted by atomic mass is 9.81. The molecule has 52 heavy (non-hydrogen) atoms. The molecule has 1 aliphatic rings. The summed E-state index contributed by atoms with van der Waals surface area (Å²) in [5.41, 5.74) is 12.4. The van der Waals surface area contributed by atoms with E-state index in [1.54, 1.807) is 0 Å². The van der Waals surface area contributed by atoms with Gasteiger partial charge in [-0.2, -0.15) is 0 Å². The molecule has 1 aliphatic carbocycles. The van der Waals surface area contributed by atoms with Crippen molar-refractivity contribution in [3.8, 4) is 33.4 Å². The normalized spacial score (nSPS) is 15.1. The Morgan fingerprint density at radius 1 is 0.596 bits per heavy atom. The van der Waals surface area contributed by atoms with Crippen LogP contribution < -0.4 is 0 Å². The number of rotatable bonds is 4. The van der Waals surface area contributed by atoms with E-state index in [9.17, 15) is 0 Å². The van der Waals surface area contributed by atoms with E-state index >= 15 is 0 Å². The molecule has 0 aliphatic heterocycles. The zero-order valence-corrected chi connectivity index (χ0v) is 30.1. The second kappa shape index (κ2) is 11.5. The van der Waals surface area contributed by atoms with Crippen LogP contribution in [0.3, 0.4) is 0 Å². The van der Waals surface area contributed by atoms with Gasteiger partial charge in [-0.05, 0) is 125 Å². The average molecular weight is 669 g/mol. The Hall–Kier alpha value is -5.99. The van der Waals surface area contributed by atoms with Crippen molar-refractivity contribution in [2.45, 2.75) is 39.5 Å². The monoisotopic (exact) mass is 668 g/mol. The van der Waals surface area contributed by atoms with Gasteiger partial charge in [0, 0.05) is 28.9 Å². The van der Waals surface area contributed by atoms with E-state index in [1.165, 1.54) is 93.2 Å². The van der Waals surface area contributed by atoms with Crippen LogP contribution in [-0.2, 0) is 5.41 Å². The Bertz CT molecular complexity index is 2880. The van der Waals surface area contributed by atoms with Crippen molar-refractivity contribution in [3.05, 3.63) is 158 Å². The highest BCUT2D eigenvalue weighted by atomic mass is 15.0. The first-order valence-corrected chi connectivity index (χ1v) is 18.5. The summed E-state index contributed by atoms with van der Waals surface area (Å²) in [5.74, 6) is 0.568. The summed E-state index contributed by atoms with van der Waals surface area (Å²) in [5, 5.41) is 10.4. The predicted molar refractivity (Wildman–Crippen MR) is 223 cm³/mol. The Labute approximate surface area is 304 Å². The largest absolute Gasteiger partial charge is 0.310 e. The van der Waals surface area contributed by atoms with Crippen LogP contribution in [0.25, 0.3) is 93.2 Å². The van der Waals surface area contributed by atoms with Crippen LogP contribution >= 0.6 is 0 Å². The molecule has 0 spiro atoms. The third kappa shape index (κ3) is 4.82. The minimum Gasteiger partial charge on any atom is -0.310 e. The van der Waals surface area contributed by atoms with Gasteiger partial charge < -0.3 is 4.57 Å². The van der Waals surface area contributed by atoms with Crippen molar-refractivity contribution in [2.24, 2.45) is 5.92 Å². The zero-order chi connectivity index (χ0) is 35.1. The van der Waals surface area contributed by atoms with Gasteiger partial charge in [0.25, 0.3) is 0 Å². The molecule has 2 aromatic heterocycles. The third-order valence-electron chi connectivity index (χ3n) is 11.3. The summed E-state index contributed by atoms with van der Waals surface area (Å²) in [7, 11) is 0. The van der Waals surface area contributed by atoms with Gasteiger partial charge in [0.15, 0.2) is 0 Å². The molecule has 0 amide bonds. The molecule has 1 atom stereocenters. The van der Waals surface area contributed by atoms with E-state index in [-0.39, 0.29) is 5.41 Å². The zero-order valence-electron chi connectivity index (χ0n) is 30.1. The number of benzene rings is 7. The fourth-order valence-electron chi connectivity index (χ4n) is 8.50. The summed E-state index contributed by atoms with van der Waals surface area (Å²) in [6.07, 6.45) is 11.8. The average Bonchev–Trinajstić information content (AvgIpc) is 3.50. The number of pyridine rings is 1. The molecule has 2 nitrogen and oxygen atoms in total. The Balaban J connectivity index is 1.24. The molecule has 250 valence electrons. The van der Waals surface area contributed by atoms with E-state index in [0.717, 1.165) is 12.0 Å². The van der Waals surface area contributed by atoms with Crippen LogP contribution in [0.2, 0.25) is 0 Å². The smallest absolute Gasteiger partial charge is 0.0541 e. The maximum atomic E-state index is 4.36. The fraction of sp³-hybridized carbons (Fsp3) is 0.140. The van der Waals surface area contributed by atoms with Gasteiger partial charge in [-0.3, -0.25) is 4.98 Å². The molecule has 0 radical (unpaired) electrons. The van der Waals surface area contributed by atoms with Crippen molar-refractivity contribution in [3.63, 3.8) is 0 Å². The Kier molecular flexibility index (Phi) is 6.82. The van der Waals surface area contributed by atoms with Crippen molar-refractivity contribution >= 4 is 59.8 Å². The number of para-hydroxylation sites is 1. The molecule has 0 saturated heterocycles. The minimum absolute atomic E-state index is 0.0626. The number of aromatic nitrogens is 2. The SMILES string of the molecule is CC1C=CC(n2c3ccccc3c3cc(-c4cc(-c5ccc(-c6cccnc6)cc5)c5ccc6cc(C(C)(C)C)cc7ccc4c5c67)ccc32)=CC1. The summed E-state index contributed by atoms with van der Waals surface area (Å²) in [6, 6.07) is 45.8. The van der Waals surface area contributed by atoms with Gasteiger partial charge in [-0.1, -0.05) is 131 Å². The molecule has 2 heterocycles. The quantitative estimate of drug-likeness (QED) is 0.171. The van der Waals surface area contributed by atoms with Gasteiger partial charge in [-0.25, -0.2) is 0 Å². The maximum Gasteiger partial charge on any atom is 0.0541 e. The van der Waals surface area contributed by atoms with Crippen LogP contribution in [-0.4, -0.2) is 9.55 Å². The van der Waals surface area contributed by atoms with Crippen LogP contribution in [0.15, 0.2) is 152 Å². The molecule has 10 rings (SSSR count). The molecule has 0 fully saturated rings. The van der Waals surface area contributed by atoms with E-state index in [4.69, 9.17) is 0 Å². The highest BCUT2D eigenvalue weighted by molar-refractivity contribution is 6.28. The lowest BCUT2D eigenvalue weighted by molar-refractivity contribution is 0.591. The topological polar surface area (TPSA) is 17.8 Å². The van der Waals surface area contributed by atoms with E-state index < -0.39 is 0 Å². The second-order valence-electron chi connectivity index (χ2n) is 15.7. The van der Waals surface area contributed by atoms with Gasteiger partial charge >= 0.3 is 0 Å². The standard InChI is InChI=1S/C50H40N2/c1-31-11-20-39(21-12-31)52-46-10-6-5-9-40(46)45-28-34(19-24-47(45)52)44-29-43(33-15-13-32(14-16-33)37-8-7-25-51-30-37)41-22-17-35-26-38(50(2,3)4)27-36-18-23-42(44)49(41)48(35)36/h5-11,13-31H,12H2,1-4H3. The van der Waals surface area contributed by atoms with Crippen molar-refractivity contribution in [1.29, 1.82) is 0 Å². The number of hydrogen-bond donors (Lipinski definition) is 0. The van der Waals surface area contributed by atoms with Crippen LogP contribution in [0.4, 0.5) is 0 Å². The third-order valence-corrected chi connectivity index (χ3v) is 11.3. The number of allylic oxidation sites excluding steroid dienone is 4. The van der Waals surface area contributed by atoms with Crippen molar-refractivity contribution in [1.82, 2.24) is 9.55 Å². The number of nitrogens with zero attached hydrogens (tertiary/aromatic N) is 2. The molecular weight excluding hydrogens is 629 g/mol. The molecule has 0 saturated carbocycles. The first kappa shape index (κ1) is 30.8. The van der Waals surface area contributed by atoms with Gasteiger partial charge in [0.05, 0.1) is 11.0 Å². The van der Waals surface area contributed by atoms with Crippen LogP contribution in [0.5, 0.6) is 0 Å². The molecule has 0 N–H and O–H groups in total. The Morgan fingerprint density at radius 2 is 1.29 bits per heavy atom. The maximum absolute atomic E-state index is 4.36. The van der Waals surface area contributed by atoms with Gasteiger partial charge in [0.1, 0.15) is 0 Å². The predicted octanol–water partition coefficient (Wildman–Crippen LogP) is 13.8. The number of hydrogen-bond acceptors (Lipinski definition) is 1. The fourth-order valence-corrected chi connectivity index (χ4v) is 8.50. The van der Waals surface area contributed by atoms with E-state index in [0.29, 0.717) is 5.92 Å². The molecule has 0 bridgehead atoms. The molecule has 9 aromatic rings. The van der Waals surface area contributed by atoms with Gasteiger partial charge in [0.2, 0.25) is 0 Å². The molecular formula is C50H40N2. The summed E-state index contributed by atoms with van der Waals surface area (Å²) < 4.78 is 2.45. The minimum atomic E-state index is 0.0626. The molecule has 2 heteroatoms. The summed E-state index contributed by atoms with van der Waals surface area (Å²) >= 11 is 0. The van der Waals surface area contributed by atoms with E-state index in [1.807, 2.05) is 18.5 Å². The first-order valence-electron chi connectivity index (χ1n) is 18.5. The van der Waals surface area contributed by atoms with Crippen LogP contribution in [0.1, 0.15) is 39.7 Å². The second-order valence-corrected chi connectivity index (χ2v) is 15.7. The first-order chi connectivity index (χ1) is 25.3. The molecule has 1 unspecified atom stereocenters. The highest BCUT2D eigenvalue weighted by Gasteiger charge is 2.21. The lowest BCUT2D eigenvalue weighted by Gasteiger charge is -2.23.